The Balaban J connectivity index is 2.05. The van der Waals surface area contributed by atoms with Crippen LogP contribution in [0.25, 0.3) is 0 Å². The zero-order valence-electron chi connectivity index (χ0n) is 11.4. The molecule has 0 bridgehead atoms. The van der Waals surface area contributed by atoms with Gasteiger partial charge in [-0.1, -0.05) is 12.1 Å². The average molecular weight is 288 g/mol. The van der Waals surface area contributed by atoms with Gasteiger partial charge < -0.3 is 10.1 Å². The summed E-state index contributed by atoms with van der Waals surface area (Å²) in [6.45, 7) is 2.07. The molecule has 2 rings (SSSR count). The number of hydrogen-bond acceptors (Lipinski definition) is 3. The van der Waals surface area contributed by atoms with E-state index in [0.29, 0.717) is 13.1 Å². The van der Waals surface area contributed by atoms with E-state index in [0.717, 1.165) is 17.9 Å². The molecule has 1 N–H and O–H groups in total. The van der Waals surface area contributed by atoms with Crippen molar-refractivity contribution in [2.45, 2.75) is 18.6 Å². The first-order valence-electron chi connectivity index (χ1n) is 6.65. The molecular weight excluding hydrogens is 269 g/mol. The van der Waals surface area contributed by atoms with E-state index < -0.39 is 12.6 Å². The fraction of sp³-hybridized carbons (Fsp3) is 0.571. The minimum absolute atomic E-state index is 0.0167. The van der Waals surface area contributed by atoms with Gasteiger partial charge in [-0.3, -0.25) is 4.90 Å². The Morgan fingerprint density at radius 1 is 1.30 bits per heavy atom. The van der Waals surface area contributed by atoms with Gasteiger partial charge in [-0.15, -0.1) is 0 Å². The van der Waals surface area contributed by atoms with Crippen LogP contribution in [0, 0.1) is 0 Å². The molecule has 1 unspecified atom stereocenters. The highest BCUT2D eigenvalue weighted by Gasteiger charge is 2.31. The Kier molecular flexibility index (Phi) is 4.88. The quantitative estimate of drug-likeness (QED) is 0.921. The molecule has 1 heterocycles. The molecule has 1 aliphatic rings. The topological polar surface area (TPSA) is 24.5 Å². The van der Waals surface area contributed by atoms with Crippen LogP contribution in [0.1, 0.15) is 18.0 Å². The van der Waals surface area contributed by atoms with Crippen LogP contribution < -0.4 is 10.1 Å². The first kappa shape index (κ1) is 15.1. The lowest BCUT2D eigenvalue weighted by Gasteiger charge is -2.36. The van der Waals surface area contributed by atoms with Crippen LogP contribution in [-0.4, -0.2) is 44.4 Å². The number of piperazine rings is 1. The number of hydrogen-bond donors (Lipinski definition) is 1. The number of alkyl halides is 3. The van der Waals surface area contributed by atoms with Gasteiger partial charge in [0.15, 0.2) is 0 Å². The smallest absolute Gasteiger partial charge is 0.390 e. The van der Waals surface area contributed by atoms with Crippen molar-refractivity contribution in [3.05, 3.63) is 29.8 Å². The van der Waals surface area contributed by atoms with E-state index in [1.165, 1.54) is 0 Å². The Morgan fingerprint density at radius 3 is 2.60 bits per heavy atom. The van der Waals surface area contributed by atoms with Gasteiger partial charge in [0.1, 0.15) is 5.75 Å². The highest BCUT2D eigenvalue weighted by molar-refractivity contribution is 5.29. The molecular formula is C14H19F3N2O. The lowest BCUT2D eigenvalue weighted by atomic mass is 10.0. The fourth-order valence-corrected chi connectivity index (χ4v) is 2.44. The maximum absolute atomic E-state index is 12.4. The Hall–Kier alpha value is -1.27. The van der Waals surface area contributed by atoms with Crippen molar-refractivity contribution in [3.63, 3.8) is 0 Å². The van der Waals surface area contributed by atoms with E-state index >= 15 is 0 Å². The van der Waals surface area contributed by atoms with E-state index in [9.17, 15) is 13.2 Å². The van der Waals surface area contributed by atoms with Gasteiger partial charge in [-0.2, -0.15) is 13.2 Å². The van der Waals surface area contributed by atoms with Crippen LogP contribution in [0.3, 0.4) is 0 Å². The number of methoxy groups -OCH3 is 1. The molecule has 1 atom stereocenters. The molecule has 0 radical (unpaired) electrons. The zero-order valence-corrected chi connectivity index (χ0v) is 11.4. The number of nitrogens with zero attached hydrogens (tertiary/aromatic N) is 1. The third-order valence-electron chi connectivity index (χ3n) is 3.54. The molecule has 6 heteroatoms. The average Bonchev–Trinajstić information content (AvgIpc) is 2.45. The molecule has 1 fully saturated rings. The highest BCUT2D eigenvalue weighted by Crippen LogP contribution is 2.27. The van der Waals surface area contributed by atoms with Gasteiger partial charge in [0.05, 0.1) is 13.5 Å². The molecule has 0 aromatic heterocycles. The summed E-state index contributed by atoms with van der Waals surface area (Å²) in [6.07, 6.45) is -4.87. The van der Waals surface area contributed by atoms with Gasteiger partial charge in [-0.25, -0.2) is 0 Å². The zero-order chi connectivity index (χ0) is 14.6. The molecule has 112 valence electrons. The highest BCUT2D eigenvalue weighted by atomic mass is 19.4. The van der Waals surface area contributed by atoms with Crippen molar-refractivity contribution in [2.24, 2.45) is 0 Å². The van der Waals surface area contributed by atoms with Gasteiger partial charge >= 0.3 is 6.18 Å². The van der Waals surface area contributed by atoms with Crippen LogP contribution in [0.15, 0.2) is 24.3 Å². The summed E-state index contributed by atoms with van der Waals surface area (Å²) >= 11 is 0. The Morgan fingerprint density at radius 2 is 2.00 bits per heavy atom. The second kappa shape index (κ2) is 6.45. The van der Waals surface area contributed by atoms with Gasteiger partial charge in [-0.05, 0) is 17.7 Å². The number of ether oxygens (including phenoxy) is 1. The summed E-state index contributed by atoms with van der Waals surface area (Å²) in [5.41, 5.74) is 1.01. The maximum atomic E-state index is 12.4. The summed E-state index contributed by atoms with van der Waals surface area (Å²) in [5.74, 6) is 0.749. The molecule has 0 aliphatic carbocycles. The largest absolute Gasteiger partial charge is 0.497 e. The number of nitrogens with one attached hydrogen (secondary N) is 1. The molecule has 1 saturated heterocycles. The maximum Gasteiger partial charge on any atom is 0.390 e. The van der Waals surface area contributed by atoms with Crippen molar-refractivity contribution in [2.75, 3.05) is 33.3 Å². The van der Waals surface area contributed by atoms with Crippen molar-refractivity contribution in [3.8, 4) is 5.75 Å². The number of benzene rings is 1. The molecule has 0 spiro atoms. The molecule has 20 heavy (non-hydrogen) atoms. The molecule has 1 aromatic rings. The summed E-state index contributed by atoms with van der Waals surface area (Å²) in [4.78, 5) is 1.89. The normalized spacial score (nSPS) is 20.9. The Bertz CT molecular complexity index is 419. The van der Waals surface area contributed by atoms with Crippen molar-refractivity contribution in [1.29, 1.82) is 0 Å². The lowest BCUT2D eigenvalue weighted by molar-refractivity contribution is -0.139. The Labute approximate surface area is 116 Å². The summed E-state index contributed by atoms with van der Waals surface area (Å²) in [7, 11) is 1.59. The standard InChI is InChI=1S/C14H19F3N2O/c1-20-12-4-2-11(3-5-12)13-10-18-7-9-19(13)8-6-14(15,16)17/h2-5,13,18H,6-10H2,1H3. The van der Waals surface area contributed by atoms with Crippen molar-refractivity contribution in [1.82, 2.24) is 10.2 Å². The first-order valence-corrected chi connectivity index (χ1v) is 6.65. The lowest BCUT2D eigenvalue weighted by Crippen LogP contribution is -2.46. The van der Waals surface area contributed by atoms with Crippen LogP contribution in [0.4, 0.5) is 13.2 Å². The van der Waals surface area contributed by atoms with E-state index in [-0.39, 0.29) is 12.6 Å². The summed E-state index contributed by atoms with van der Waals surface area (Å²) < 4.78 is 42.2. The SMILES string of the molecule is COc1ccc(C2CNCCN2CCC(F)(F)F)cc1. The molecule has 0 amide bonds. The molecule has 0 saturated carbocycles. The molecule has 1 aromatic carbocycles. The second-order valence-electron chi connectivity index (χ2n) is 4.89. The monoisotopic (exact) mass is 288 g/mol. The van der Waals surface area contributed by atoms with E-state index in [1.54, 1.807) is 7.11 Å². The molecule has 1 aliphatic heterocycles. The third-order valence-corrected chi connectivity index (χ3v) is 3.54. The van der Waals surface area contributed by atoms with Crippen LogP contribution in [0.5, 0.6) is 5.75 Å². The van der Waals surface area contributed by atoms with Gasteiger partial charge in [0.2, 0.25) is 0 Å². The number of halogens is 3. The first-order chi connectivity index (χ1) is 9.49. The predicted octanol–water partition coefficient (Wildman–Crippen LogP) is 2.59. The number of rotatable bonds is 4. The minimum atomic E-state index is -4.10. The third kappa shape index (κ3) is 4.11. The minimum Gasteiger partial charge on any atom is -0.497 e. The van der Waals surface area contributed by atoms with Gasteiger partial charge in [0, 0.05) is 32.2 Å². The van der Waals surface area contributed by atoms with Crippen LogP contribution in [0.2, 0.25) is 0 Å². The predicted molar refractivity (Wildman–Crippen MR) is 70.8 cm³/mol. The van der Waals surface area contributed by atoms with Crippen LogP contribution in [-0.2, 0) is 0 Å². The summed E-state index contributed by atoms with van der Waals surface area (Å²) in [6, 6.07) is 7.49. The van der Waals surface area contributed by atoms with E-state index in [1.807, 2.05) is 29.2 Å². The van der Waals surface area contributed by atoms with Gasteiger partial charge in [0.25, 0.3) is 0 Å². The van der Waals surface area contributed by atoms with E-state index in [2.05, 4.69) is 5.32 Å². The molecule has 3 nitrogen and oxygen atoms in total. The van der Waals surface area contributed by atoms with Crippen molar-refractivity contribution < 1.29 is 17.9 Å². The fourth-order valence-electron chi connectivity index (χ4n) is 2.44. The van der Waals surface area contributed by atoms with E-state index in [4.69, 9.17) is 4.74 Å². The van der Waals surface area contributed by atoms with Crippen molar-refractivity contribution >= 4 is 0 Å². The second-order valence-corrected chi connectivity index (χ2v) is 4.89. The van der Waals surface area contributed by atoms with Crippen LogP contribution >= 0.6 is 0 Å². The summed E-state index contributed by atoms with van der Waals surface area (Å²) in [5, 5.41) is 3.23.